The van der Waals surface area contributed by atoms with Gasteiger partial charge in [-0.3, -0.25) is 4.79 Å². The Balaban J connectivity index is 0.000000258. The fourth-order valence-corrected chi connectivity index (χ4v) is 3.02. The Bertz CT molecular complexity index is 828. The summed E-state index contributed by atoms with van der Waals surface area (Å²) in [5.41, 5.74) is 1.32. The third-order valence-corrected chi connectivity index (χ3v) is 4.61. The number of rotatable bonds is 2. The predicted molar refractivity (Wildman–Crippen MR) is 132 cm³/mol. The minimum atomic E-state index is -0.518. The highest BCUT2D eigenvalue weighted by Gasteiger charge is 2.44. The van der Waals surface area contributed by atoms with Gasteiger partial charge < -0.3 is 28.4 Å². The van der Waals surface area contributed by atoms with Crippen LogP contribution in [0.15, 0.2) is 60.7 Å². The second-order valence-corrected chi connectivity index (χ2v) is 8.53. The molecular formula is C27H38O8. The number of methoxy groups -OCH3 is 2. The van der Waals surface area contributed by atoms with E-state index in [1.54, 1.807) is 50.6 Å². The van der Waals surface area contributed by atoms with E-state index in [9.17, 15) is 9.59 Å². The maximum absolute atomic E-state index is 10.8. The molecule has 0 aromatic heterocycles. The zero-order chi connectivity index (χ0) is 26.3. The highest BCUT2D eigenvalue weighted by atomic mass is 16.8. The molecule has 194 valence electrons. The molecule has 35 heavy (non-hydrogen) atoms. The van der Waals surface area contributed by atoms with Crippen LogP contribution in [0, 0.1) is 0 Å². The molecule has 0 spiro atoms. The van der Waals surface area contributed by atoms with Crippen molar-refractivity contribution in [1.82, 2.24) is 0 Å². The number of esters is 1. The van der Waals surface area contributed by atoms with Crippen molar-refractivity contribution in [2.45, 2.75) is 51.5 Å². The summed E-state index contributed by atoms with van der Waals surface area (Å²) in [5, 5.41) is 0. The molecule has 2 fully saturated rings. The minimum absolute atomic E-state index is 0.00762. The van der Waals surface area contributed by atoms with Crippen LogP contribution in [0.2, 0.25) is 0 Å². The van der Waals surface area contributed by atoms with Gasteiger partial charge in [-0.15, -0.1) is 0 Å². The zero-order valence-corrected chi connectivity index (χ0v) is 21.7. The first kappa shape index (κ1) is 30.4. The molecule has 0 bridgehead atoms. The van der Waals surface area contributed by atoms with E-state index < -0.39 is 11.6 Å². The zero-order valence-electron chi connectivity index (χ0n) is 21.7. The Labute approximate surface area is 208 Å². The van der Waals surface area contributed by atoms with Crippen LogP contribution < -0.4 is 0 Å². The number of hydrogen-bond donors (Lipinski definition) is 0. The van der Waals surface area contributed by atoms with Crippen LogP contribution in [-0.2, 0) is 28.4 Å². The molecule has 2 atom stereocenters. The average Bonchev–Trinajstić information content (AvgIpc) is 2.85. The van der Waals surface area contributed by atoms with Crippen LogP contribution in [0.25, 0.3) is 0 Å². The van der Waals surface area contributed by atoms with Crippen molar-refractivity contribution in [1.29, 1.82) is 0 Å². The molecule has 2 unspecified atom stereocenters. The third kappa shape index (κ3) is 12.1. The number of ether oxygens (including phenoxy) is 6. The summed E-state index contributed by atoms with van der Waals surface area (Å²) in [6, 6.07) is 18.0. The van der Waals surface area contributed by atoms with Crippen molar-refractivity contribution in [2.24, 2.45) is 0 Å². The Morgan fingerprint density at radius 1 is 0.800 bits per heavy atom. The number of carbonyl (C=O) groups is 2. The quantitative estimate of drug-likeness (QED) is 0.448. The fraction of sp³-hybridized carbons (Fsp3) is 0.481. The van der Waals surface area contributed by atoms with Gasteiger partial charge in [0.05, 0.1) is 25.9 Å². The molecule has 2 aliphatic rings. The Kier molecular flexibility index (Phi) is 13.4. The van der Waals surface area contributed by atoms with Crippen molar-refractivity contribution in [2.75, 3.05) is 34.5 Å². The van der Waals surface area contributed by atoms with Crippen molar-refractivity contribution in [3.05, 3.63) is 71.8 Å². The second-order valence-electron chi connectivity index (χ2n) is 8.53. The molecule has 4 rings (SSSR count). The first-order chi connectivity index (χ1) is 16.6. The largest absolute Gasteiger partial charge is 0.465 e. The van der Waals surface area contributed by atoms with Gasteiger partial charge in [0.2, 0.25) is 0 Å². The van der Waals surface area contributed by atoms with Gasteiger partial charge in [0.25, 0.3) is 0 Å². The average molecular weight is 491 g/mol. The van der Waals surface area contributed by atoms with Gasteiger partial charge in [-0.05, 0) is 39.8 Å². The van der Waals surface area contributed by atoms with Gasteiger partial charge in [0.1, 0.15) is 18.5 Å². The first-order valence-electron chi connectivity index (χ1n) is 11.2. The van der Waals surface area contributed by atoms with Gasteiger partial charge in [0.15, 0.2) is 11.6 Å². The van der Waals surface area contributed by atoms with E-state index in [2.05, 4.69) is 9.47 Å². The Morgan fingerprint density at radius 3 is 1.54 bits per heavy atom. The highest BCUT2D eigenvalue weighted by Crippen LogP contribution is 2.31. The second kappa shape index (κ2) is 15.4. The van der Waals surface area contributed by atoms with Gasteiger partial charge in [-0.25, -0.2) is 4.79 Å². The minimum Gasteiger partial charge on any atom is -0.465 e. The number of fused-ring (bicyclic) bond motifs is 1. The Morgan fingerprint density at radius 2 is 1.20 bits per heavy atom. The molecule has 0 N–H and O–H groups in total. The molecular weight excluding hydrogens is 452 g/mol. The van der Waals surface area contributed by atoms with Gasteiger partial charge in [0, 0.05) is 19.8 Å². The summed E-state index contributed by atoms with van der Waals surface area (Å²) in [6.45, 7) is 8.77. The topological polar surface area (TPSA) is 89.5 Å². The van der Waals surface area contributed by atoms with E-state index in [1.165, 1.54) is 7.11 Å². The van der Waals surface area contributed by atoms with Crippen molar-refractivity contribution < 1.29 is 38.0 Å². The molecule has 2 aromatic carbocycles. The lowest BCUT2D eigenvalue weighted by Gasteiger charge is -2.47. The van der Waals surface area contributed by atoms with Crippen LogP contribution >= 0.6 is 0 Å². The molecule has 2 heterocycles. The Hall–Kier alpha value is -2.62. The van der Waals surface area contributed by atoms with E-state index in [0.717, 1.165) is 11.8 Å². The maximum Gasteiger partial charge on any atom is 0.337 e. The molecule has 0 saturated carbocycles. The summed E-state index contributed by atoms with van der Waals surface area (Å²) in [7, 11) is 4.62. The van der Waals surface area contributed by atoms with Crippen LogP contribution in [0.4, 0.5) is 0 Å². The standard InChI is InChI=1S/C10H18O4.C8H8O2.C7H6O.C2H6O/c1-9(2)11-5-8-7(13-9)6-12-10(3,4)14-8;1-10-8(9)7-5-3-2-4-6-7;8-6-7-4-2-1-3-5-7;1-3-2/h7-8H,5-6H2,1-4H3;2-6H,1H3;1-6H;1-2H3. The van der Waals surface area contributed by atoms with Gasteiger partial charge in [-0.1, -0.05) is 48.5 Å². The summed E-state index contributed by atoms with van der Waals surface area (Å²) < 4.78 is 31.2. The van der Waals surface area contributed by atoms with Crippen molar-refractivity contribution in [3.63, 3.8) is 0 Å². The maximum atomic E-state index is 10.8. The molecule has 8 nitrogen and oxygen atoms in total. The highest BCUT2D eigenvalue weighted by molar-refractivity contribution is 5.89. The van der Waals surface area contributed by atoms with Gasteiger partial charge in [-0.2, -0.15) is 0 Å². The van der Waals surface area contributed by atoms with E-state index >= 15 is 0 Å². The lowest BCUT2D eigenvalue weighted by Crippen LogP contribution is -2.58. The smallest absolute Gasteiger partial charge is 0.337 e. The van der Waals surface area contributed by atoms with Crippen LogP contribution in [-0.4, -0.2) is 70.6 Å². The first-order valence-corrected chi connectivity index (χ1v) is 11.2. The van der Waals surface area contributed by atoms with Crippen LogP contribution in [0.3, 0.4) is 0 Å². The lowest BCUT2D eigenvalue weighted by atomic mass is 10.1. The molecule has 0 amide bonds. The molecule has 2 aromatic rings. The predicted octanol–water partition coefficient (Wildman–Crippen LogP) is 4.52. The van der Waals surface area contributed by atoms with Crippen molar-refractivity contribution in [3.8, 4) is 0 Å². The summed E-state index contributed by atoms with van der Waals surface area (Å²) in [5.74, 6) is -1.33. The molecule has 0 aliphatic carbocycles. The fourth-order valence-electron chi connectivity index (χ4n) is 3.02. The van der Waals surface area contributed by atoms with E-state index in [4.69, 9.17) is 18.9 Å². The normalized spacial score (nSPS) is 21.1. The molecule has 2 aliphatic heterocycles. The SMILES string of the molecule is CC1(C)OCC2OC(C)(C)OCC2O1.COC.COC(=O)c1ccccc1.O=Cc1ccccc1. The molecule has 0 radical (unpaired) electrons. The molecule has 2 saturated heterocycles. The van der Waals surface area contributed by atoms with Crippen LogP contribution in [0.5, 0.6) is 0 Å². The van der Waals surface area contributed by atoms with E-state index in [1.807, 2.05) is 52.0 Å². The van der Waals surface area contributed by atoms with E-state index in [-0.39, 0.29) is 18.2 Å². The lowest BCUT2D eigenvalue weighted by molar-refractivity contribution is -0.387. The van der Waals surface area contributed by atoms with Gasteiger partial charge >= 0.3 is 5.97 Å². The molecule has 8 heteroatoms. The third-order valence-electron chi connectivity index (χ3n) is 4.61. The number of carbonyl (C=O) groups excluding carboxylic acids is 2. The summed E-state index contributed by atoms with van der Waals surface area (Å²) >= 11 is 0. The number of benzene rings is 2. The monoisotopic (exact) mass is 490 g/mol. The van der Waals surface area contributed by atoms with Crippen LogP contribution in [0.1, 0.15) is 48.4 Å². The number of aldehydes is 1. The number of hydrogen-bond acceptors (Lipinski definition) is 8. The summed E-state index contributed by atoms with van der Waals surface area (Å²) in [6.07, 6.45) is 0.818. The van der Waals surface area contributed by atoms with Crippen molar-refractivity contribution >= 4 is 12.3 Å². The summed E-state index contributed by atoms with van der Waals surface area (Å²) in [4.78, 5) is 20.8. The van der Waals surface area contributed by atoms with E-state index in [0.29, 0.717) is 18.8 Å².